The Hall–Kier alpha value is -1.53. The predicted octanol–water partition coefficient (Wildman–Crippen LogP) is 1.83. The maximum Gasteiger partial charge on any atom is 0.236 e. The highest BCUT2D eigenvalue weighted by Crippen LogP contribution is 2.26. The molecule has 0 N–H and O–H groups in total. The van der Waals surface area contributed by atoms with Crippen LogP contribution in [0.5, 0.6) is 0 Å². The number of hydrogen-bond donors (Lipinski definition) is 0. The van der Waals surface area contributed by atoms with Gasteiger partial charge >= 0.3 is 0 Å². The van der Waals surface area contributed by atoms with E-state index in [1.165, 1.54) is 24.8 Å². The van der Waals surface area contributed by atoms with Gasteiger partial charge in [-0.15, -0.1) is 0 Å². The molecule has 3 aliphatic rings. The van der Waals surface area contributed by atoms with Gasteiger partial charge in [-0.3, -0.25) is 14.6 Å². The second-order valence-corrected chi connectivity index (χ2v) is 9.38. The highest BCUT2D eigenvalue weighted by atomic mass is 16.2. The first kappa shape index (κ1) is 18.8. The number of rotatable bonds is 3. The minimum absolute atomic E-state index is 0.0241. The summed E-state index contributed by atoms with van der Waals surface area (Å²) in [6, 6.07) is 0.791. The second-order valence-electron chi connectivity index (χ2n) is 9.38. The Morgan fingerprint density at radius 2 is 1.89 bits per heavy atom. The summed E-state index contributed by atoms with van der Waals surface area (Å²) in [5.74, 6) is 1.19. The van der Waals surface area contributed by atoms with Gasteiger partial charge in [0.1, 0.15) is 5.82 Å². The van der Waals surface area contributed by atoms with Crippen molar-refractivity contribution >= 4 is 5.91 Å². The summed E-state index contributed by atoms with van der Waals surface area (Å²) in [4.78, 5) is 29.0. The van der Waals surface area contributed by atoms with Gasteiger partial charge < -0.3 is 4.90 Å². The van der Waals surface area contributed by atoms with Crippen molar-refractivity contribution in [1.82, 2.24) is 24.7 Å². The molecule has 0 atom stereocenters. The number of hydrogen-bond acceptors (Lipinski definition) is 5. The van der Waals surface area contributed by atoms with Crippen molar-refractivity contribution in [1.29, 1.82) is 0 Å². The molecule has 2 fully saturated rings. The molecule has 148 valence electrons. The number of carbonyl (C=O) groups excluding carboxylic acids is 1. The van der Waals surface area contributed by atoms with Crippen LogP contribution in [0.1, 0.15) is 57.1 Å². The Morgan fingerprint density at radius 1 is 1.15 bits per heavy atom. The molecule has 1 aromatic rings. The van der Waals surface area contributed by atoms with Crippen molar-refractivity contribution in [3.05, 3.63) is 23.3 Å². The molecule has 1 amide bonds. The zero-order valence-corrected chi connectivity index (χ0v) is 17.1. The maximum absolute atomic E-state index is 12.8. The molecule has 27 heavy (non-hydrogen) atoms. The van der Waals surface area contributed by atoms with Crippen LogP contribution in [-0.4, -0.2) is 75.9 Å². The number of fused-ring (bicyclic) bond motifs is 1. The van der Waals surface area contributed by atoms with E-state index >= 15 is 0 Å². The van der Waals surface area contributed by atoms with E-state index in [4.69, 9.17) is 4.98 Å². The van der Waals surface area contributed by atoms with Crippen molar-refractivity contribution in [2.24, 2.45) is 0 Å². The molecule has 6 nitrogen and oxygen atoms in total. The summed E-state index contributed by atoms with van der Waals surface area (Å²) >= 11 is 0. The van der Waals surface area contributed by atoms with E-state index in [-0.39, 0.29) is 11.3 Å². The largest absolute Gasteiger partial charge is 0.339 e. The summed E-state index contributed by atoms with van der Waals surface area (Å²) in [6.07, 6.45) is 6.95. The molecule has 1 saturated heterocycles. The van der Waals surface area contributed by atoms with Gasteiger partial charge in [-0.25, -0.2) is 9.97 Å². The number of amides is 1. The monoisotopic (exact) mass is 371 g/mol. The van der Waals surface area contributed by atoms with Crippen LogP contribution in [-0.2, 0) is 23.2 Å². The Bertz CT molecular complexity index is 686. The lowest BCUT2D eigenvalue weighted by Gasteiger charge is -2.43. The standard InChI is InChI=1S/C21H33N5O/c1-21(2,3)20-22-13-16-14-24(8-7-18(16)23-20)15-19(27)26-11-9-25(10-12-26)17-5-4-6-17/h13,17H,4-12,14-15H2,1-3H3. The molecule has 1 saturated carbocycles. The first-order valence-corrected chi connectivity index (χ1v) is 10.5. The molecule has 0 radical (unpaired) electrons. The van der Waals surface area contributed by atoms with Gasteiger partial charge in [0, 0.05) is 74.6 Å². The SMILES string of the molecule is CC(C)(C)c1ncc2c(n1)CCN(CC(=O)N1CCN(C3CCC3)CC1)C2. The van der Waals surface area contributed by atoms with Gasteiger partial charge in [0.25, 0.3) is 0 Å². The average Bonchev–Trinajstić information content (AvgIpc) is 2.59. The van der Waals surface area contributed by atoms with E-state index in [9.17, 15) is 4.79 Å². The van der Waals surface area contributed by atoms with Crippen molar-refractivity contribution in [2.45, 2.75) is 64.5 Å². The van der Waals surface area contributed by atoms with Crippen LogP contribution < -0.4 is 0 Å². The van der Waals surface area contributed by atoms with Crippen LogP contribution in [0, 0.1) is 0 Å². The Balaban J connectivity index is 1.30. The molecule has 2 aliphatic heterocycles. The van der Waals surface area contributed by atoms with Crippen LogP contribution in [0.4, 0.5) is 0 Å². The van der Waals surface area contributed by atoms with E-state index in [0.29, 0.717) is 6.54 Å². The maximum atomic E-state index is 12.8. The van der Waals surface area contributed by atoms with Crippen molar-refractivity contribution in [2.75, 3.05) is 39.3 Å². The average molecular weight is 372 g/mol. The van der Waals surface area contributed by atoms with E-state index < -0.39 is 0 Å². The smallest absolute Gasteiger partial charge is 0.236 e. The summed E-state index contributed by atoms with van der Waals surface area (Å²) in [5, 5.41) is 0. The third kappa shape index (κ3) is 4.16. The molecular formula is C21H33N5O. The van der Waals surface area contributed by atoms with E-state index in [1.807, 2.05) is 6.20 Å². The third-order valence-corrected chi connectivity index (χ3v) is 6.30. The molecular weight excluding hydrogens is 338 g/mol. The lowest BCUT2D eigenvalue weighted by Crippen LogP contribution is -2.55. The normalized spacial score (nSPS) is 22.4. The third-order valence-electron chi connectivity index (χ3n) is 6.30. The molecule has 0 unspecified atom stereocenters. The summed E-state index contributed by atoms with van der Waals surface area (Å²) in [7, 11) is 0. The number of aromatic nitrogens is 2. The second kappa shape index (κ2) is 7.47. The Kier molecular flexibility index (Phi) is 5.21. The summed E-state index contributed by atoms with van der Waals surface area (Å²) < 4.78 is 0. The molecule has 3 heterocycles. The Morgan fingerprint density at radius 3 is 2.52 bits per heavy atom. The molecule has 1 aliphatic carbocycles. The lowest BCUT2D eigenvalue weighted by atomic mass is 9.91. The van der Waals surface area contributed by atoms with Crippen LogP contribution in [0.3, 0.4) is 0 Å². The van der Waals surface area contributed by atoms with Gasteiger partial charge in [-0.2, -0.15) is 0 Å². The van der Waals surface area contributed by atoms with Crippen LogP contribution in [0.2, 0.25) is 0 Å². The quantitative estimate of drug-likeness (QED) is 0.811. The topological polar surface area (TPSA) is 52.6 Å². The van der Waals surface area contributed by atoms with Crippen molar-refractivity contribution in [3.8, 4) is 0 Å². The van der Waals surface area contributed by atoms with Gasteiger partial charge in [0.2, 0.25) is 5.91 Å². The molecule has 0 aromatic carbocycles. The summed E-state index contributed by atoms with van der Waals surface area (Å²) in [6.45, 7) is 12.5. The number of nitrogens with zero attached hydrogens (tertiary/aromatic N) is 5. The van der Waals surface area contributed by atoms with Crippen molar-refractivity contribution < 1.29 is 4.79 Å². The molecule has 4 rings (SSSR count). The van der Waals surface area contributed by atoms with E-state index in [2.05, 4.69) is 40.5 Å². The lowest BCUT2D eigenvalue weighted by molar-refractivity contribution is -0.135. The molecule has 1 aromatic heterocycles. The van der Waals surface area contributed by atoms with Crippen LogP contribution in [0.25, 0.3) is 0 Å². The fourth-order valence-electron chi connectivity index (χ4n) is 4.25. The van der Waals surface area contributed by atoms with E-state index in [0.717, 1.165) is 63.2 Å². The zero-order chi connectivity index (χ0) is 19.0. The Labute approximate surface area is 162 Å². The highest BCUT2D eigenvalue weighted by Gasteiger charge is 2.30. The first-order chi connectivity index (χ1) is 12.9. The zero-order valence-electron chi connectivity index (χ0n) is 17.1. The van der Waals surface area contributed by atoms with Gasteiger partial charge in [0.15, 0.2) is 0 Å². The number of carbonyl (C=O) groups is 1. The highest BCUT2D eigenvalue weighted by molar-refractivity contribution is 5.78. The fraction of sp³-hybridized carbons (Fsp3) is 0.762. The van der Waals surface area contributed by atoms with Gasteiger partial charge in [-0.1, -0.05) is 27.2 Å². The van der Waals surface area contributed by atoms with Crippen molar-refractivity contribution in [3.63, 3.8) is 0 Å². The van der Waals surface area contributed by atoms with Crippen LogP contribution >= 0.6 is 0 Å². The van der Waals surface area contributed by atoms with Crippen LogP contribution in [0.15, 0.2) is 6.20 Å². The molecule has 0 spiro atoms. The number of piperazine rings is 1. The minimum atomic E-state index is -0.0241. The van der Waals surface area contributed by atoms with E-state index in [1.54, 1.807) is 0 Å². The summed E-state index contributed by atoms with van der Waals surface area (Å²) in [5.41, 5.74) is 2.31. The van der Waals surface area contributed by atoms with Gasteiger partial charge in [-0.05, 0) is 12.8 Å². The van der Waals surface area contributed by atoms with Gasteiger partial charge in [0.05, 0.1) is 6.54 Å². The molecule has 0 bridgehead atoms. The predicted molar refractivity (Wildman–Crippen MR) is 106 cm³/mol. The first-order valence-electron chi connectivity index (χ1n) is 10.5. The molecule has 6 heteroatoms. The fourth-order valence-corrected chi connectivity index (χ4v) is 4.25. The minimum Gasteiger partial charge on any atom is -0.339 e.